The standard InChI is InChI=1S/C82H146NO8P/c1-6-8-10-12-14-16-18-20-22-24-26-28-30-32-34-36-38-40-41-43-44-46-48-50-52-54-56-58-60-62-64-66-68-70-72-74-81(84)88-78-80(79-90-92(86,87)89-77-76-83(3,4)5)91-82(85)75-73-71-69-67-65-63-61-59-57-55-53-51-49-47-45-42-39-37-35-33-31-29-27-25-23-21-19-17-15-13-11-9-7-2/h9,11,15,17-18,20-21,23-24,26-27,29,33,35,39,42,47,49,80H,6-8,10,12-14,16,19,22,25,28,30-32,34,36-38,40-41,43-46,48,50-79H2,1-5H3/b11-9-,17-15-,20-18-,23-21-,26-24-,29-27-,35-33-,42-39-,49-47-. The monoisotopic (exact) mass is 1300 g/mol. The summed E-state index contributed by atoms with van der Waals surface area (Å²) in [4.78, 5) is 38.2. The van der Waals surface area contributed by atoms with Gasteiger partial charge in [0.25, 0.3) is 7.82 Å². The Hall–Kier alpha value is -3.33. The van der Waals surface area contributed by atoms with E-state index in [4.69, 9.17) is 18.5 Å². The zero-order valence-electron chi connectivity index (χ0n) is 60.7. The van der Waals surface area contributed by atoms with E-state index in [1.165, 1.54) is 218 Å². The molecule has 0 aromatic rings. The maximum atomic E-state index is 12.9. The van der Waals surface area contributed by atoms with Gasteiger partial charge in [-0.15, -0.1) is 0 Å². The van der Waals surface area contributed by atoms with Crippen molar-refractivity contribution in [3.8, 4) is 0 Å². The van der Waals surface area contributed by atoms with E-state index in [9.17, 15) is 19.0 Å². The molecule has 0 spiro atoms. The highest BCUT2D eigenvalue weighted by molar-refractivity contribution is 7.45. The quantitative estimate of drug-likeness (QED) is 0.0195. The molecule has 10 heteroatoms. The molecule has 0 heterocycles. The van der Waals surface area contributed by atoms with Crippen LogP contribution in [0, 0.1) is 0 Å². The highest BCUT2D eigenvalue weighted by Gasteiger charge is 2.22. The summed E-state index contributed by atoms with van der Waals surface area (Å²) in [5, 5.41) is 0. The Morgan fingerprint density at radius 1 is 0.348 bits per heavy atom. The van der Waals surface area contributed by atoms with Crippen molar-refractivity contribution in [2.75, 3.05) is 47.5 Å². The number of phosphoric ester groups is 1. The Labute approximate surface area is 569 Å². The smallest absolute Gasteiger partial charge is 0.306 e. The van der Waals surface area contributed by atoms with Crippen molar-refractivity contribution in [3.63, 3.8) is 0 Å². The summed E-state index contributed by atoms with van der Waals surface area (Å²) in [5.74, 6) is -0.827. The van der Waals surface area contributed by atoms with E-state index in [1.807, 2.05) is 21.1 Å². The Morgan fingerprint density at radius 2 is 0.620 bits per heavy atom. The average Bonchev–Trinajstić information content (AvgIpc) is 2.23. The van der Waals surface area contributed by atoms with Gasteiger partial charge in [-0.2, -0.15) is 0 Å². The molecule has 0 fully saturated rings. The van der Waals surface area contributed by atoms with Crippen molar-refractivity contribution >= 4 is 19.8 Å². The maximum absolute atomic E-state index is 12.9. The van der Waals surface area contributed by atoms with E-state index in [0.717, 1.165) is 96.3 Å². The van der Waals surface area contributed by atoms with E-state index in [1.54, 1.807) is 0 Å². The highest BCUT2D eigenvalue weighted by Crippen LogP contribution is 2.38. The van der Waals surface area contributed by atoms with Crippen molar-refractivity contribution < 1.29 is 42.1 Å². The summed E-state index contributed by atoms with van der Waals surface area (Å²) in [6.07, 6.45) is 102. The lowest BCUT2D eigenvalue weighted by Gasteiger charge is -2.28. The molecule has 0 radical (unpaired) electrons. The van der Waals surface area contributed by atoms with Crippen molar-refractivity contribution in [2.24, 2.45) is 0 Å². The van der Waals surface area contributed by atoms with Gasteiger partial charge >= 0.3 is 11.9 Å². The fourth-order valence-electron chi connectivity index (χ4n) is 10.9. The summed E-state index contributed by atoms with van der Waals surface area (Å²) in [5.41, 5.74) is 0. The number of carbonyl (C=O) groups excluding carboxylic acids is 2. The number of nitrogens with zero attached hydrogens (tertiary/aromatic N) is 1. The van der Waals surface area contributed by atoms with E-state index < -0.39 is 26.5 Å². The third kappa shape index (κ3) is 75.7. The molecule has 0 aliphatic carbocycles. The predicted octanol–water partition coefficient (Wildman–Crippen LogP) is 25.0. The highest BCUT2D eigenvalue weighted by atomic mass is 31.2. The van der Waals surface area contributed by atoms with Crippen LogP contribution in [-0.4, -0.2) is 70.0 Å². The minimum atomic E-state index is -4.65. The number of phosphoric acid groups is 1. The summed E-state index contributed by atoms with van der Waals surface area (Å²) in [6.45, 7) is 4.15. The number of hydrogen-bond donors (Lipinski definition) is 0. The first-order valence-electron chi connectivity index (χ1n) is 38.6. The molecule has 0 aromatic carbocycles. The van der Waals surface area contributed by atoms with Crippen LogP contribution in [0.2, 0.25) is 0 Å². The zero-order chi connectivity index (χ0) is 66.9. The number of likely N-dealkylation sites (N-methyl/N-ethyl adjacent to an activating group) is 1. The fraction of sp³-hybridized carbons (Fsp3) is 0.756. The van der Waals surface area contributed by atoms with Gasteiger partial charge in [-0.25, -0.2) is 0 Å². The Bertz CT molecular complexity index is 1920. The molecule has 532 valence electrons. The first kappa shape index (κ1) is 88.7. The van der Waals surface area contributed by atoms with Crippen LogP contribution in [-0.2, 0) is 32.7 Å². The molecular formula is C82H146NO8P. The van der Waals surface area contributed by atoms with Gasteiger partial charge in [0.05, 0.1) is 27.7 Å². The zero-order valence-corrected chi connectivity index (χ0v) is 61.6. The second-order valence-electron chi connectivity index (χ2n) is 27.0. The first-order chi connectivity index (χ1) is 45.0. The first-order valence-corrected chi connectivity index (χ1v) is 40.1. The Kier molecular flexibility index (Phi) is 69.3. The lowest BCUT2D eigenvalue weighted by atomic mass is 10.0. The molecule has 0 rings (SSSR count). The molecule has 2 unspecified atom stereocenters. The van der Waals surface area contributed by atoms with Crippen LogP contribution >= 0.6 is 7.82 Å². The number of hydrogen-bond acceptors (Lipinski definition) is 8. The van der Waals surface area contributed by atoms with Crippen LogP contribution in [0.4, 0.5) is 0 Å². The minimum Gasteiger partial charge on any atom is -0.756 e. The van der Waals surface area contributed by atoms with Crippen LogP contribution < -0.4 is 4.89 Å². The molecule has 0 aliphatic heterocycles. The van der Waals surface area contributed by atoms with Crippen molar-refractivity contribution in [1.82, 2.24) is 0 Å². The SMILES string of the molecule is CC/C=C\C/C=C\C/C=C\C/C=C\C/C=C\C/C=C\C/C=C\CCCCCCCCCCCCCC(=O)OC(COC(=O)CCCCCCCCCCCCCCCCCCCCCCCCC/C=C\C/C=C\CCCCCCC)COP(=O)([O-])OCC[N+](C)(C)C. The summed E-state index contributed by atoms with van der Waals surface area (Å²) in [7, 11) is 1.17. The van der Waals surface area contributed by atoms with E-state index in [2.05, 4.69) is 123 Å². The lowest BCUT2D eigenvalue weighted by Crippen LogP contribution is -2.37. The molecule has 0 N–H and O–H groups in total. The summed E-state index contributed by atoms with van der Waals surface area (Å²) in [6, 6.07) is 0. The van der Waals surface area contributed by atoms with Gasteiger partial charge in [-0.1, -0.05) is 342 Å². The number of esters is 2. The predicted molar refractivity (Wildman–Crippen MR) is 397 cm³/mol. The van der Waals surface area contributed by atoms with Crippen LogP contribution in [0.1, 0.15) is 348 Å². The molecule has 0 saturated heterocycles. The third-order valence-electron chi connectivity index (χ3n) is 16.8. The topological polar surface area (TPSA) is 111 Å². The van der Waals surface area contributed by atoms with Crippen LogP contribution in [0.3, 0.4) is 0 Å². The molecule has 0 aliphatic rings. The summed E-state index contributed by atoms with van der Waals surface area (Å²) < 4.78 is 34.4. The fourth-order valence-corrected chi connectivity index (χ4v) is 11.6. The maximum Gasteiger partial charge on any atom is 0.306 e. The van der Waals surface area contributed by atoms with Crippen LogP contribution in [0.25, 0.3) is 0 Å². The third-order valence-corrected chi connectivity index (χ3v) is 17.7. The molecule has 9 nitrogen and oxygen atoms in total. The number of ether oxygens (including phenoxy) is 2. The number of allylic oxidation sites excluding steroid dienone is 18. The van der Waals surface area contributed by atoms with Gasteiger partial charge in [0.2, 0.25) is 0 Å². The number of quaternary nitrogens is 1. The van der Waals surface area contributed by atoms with Gasteiger partial charge in [-0.05, 0) is 103 Å². The summed E-state index contributed by atoms with van der Waals surface area (Å²) >= 11 is 0. The lowest BCUT2D eigenvalue weighted by molar-refractivity contribution is -0.870. The Balaban J connectivity index is 3.99. The second-order valence-corrected chi connectivity index (χ2v) is 28.4. The van der Waals surface area contributed by atoms with Crippen molar-refractivity contribution in [1.29, 1.82) is 0 Å². The van der Waals surface area contributed by atoms with Gasteiger partial charge in [0.1, 0.15) is 19.8 Å². The van der Waals surface area contributed by atoms with Crippen molar-refractivity contribution in [3.05, 3.63) is 109 Å². The van der Waals surface area contributed by atoms with Crippen molar-refractivity contribution in [2.45, 2.75) is 354 Å². The van der Waals surface area contributed by atoms with E-state index >= 15 is 0 Å². The van der Waals surface area contributed by atoms with Gasteiger partial charge < -0.3 is 27.9 Å². The van der Waals surface area contributed by atoms with E-state index in [-0.39, 0.29) is 32.0 Å². The van der Waals surface area contributed by atoms with Crippen LogP contribution in [0.5, 0.6) is 0 Å². The molecule has 92 heavy (non-hydrogen) atoms. The number of rotatable bonds is 71. The van der Waals surface area contributed by atoms with Gasteiger partial charge in [-0.3, -0.25) is 14.2 Å². The molecule has 0 saturated carbocycles. The van der Waals surface area contributed by atoms with Gasteiger partial charge in [0.15, 0.2) is 6.10 Å². The molecule has 0 bridgehead atoms. The van der Waals surface area contributed by atoms with Gasteiger partial charge in [0, 0.05) is 12.8 Å². The largest absolute Gasteiger partial charge is 0.756 e. The number of unbranched alkanes of at least 4 members (excludes halogenated alkanes) is 39. The van der Waals surface area contributed by atoms with E-state index in [0.29, 0.717) is 17.4 Å². The van der Waals surface area contributed by atoms with Crippen LogP contribution in [0.15, 0.2) is 109 Å². The average molecular weight is 1310 g/mol. The normalized spacial score (nSPS) is 13.7. The molecule has 2 atom stereocenters. The second kappa shape index (κ2) is 72.0. The molecular weight excluding hydrogens is 1160 g/mol. The number of carbonyl (C=O) groups is 2. The minimum absolute atomic E-state index is 0.0340. The Morgan fingerprint density at radius 3 is 0.924 bits per heavy atom. The molecule has 0 amide bonds. The molecule has 0 aromatic heterocycles.